The van der Waals surface area contributed by atoms with Gasteiger partial charge in [-0.25, -0.2) is 0 Å². The van der Waals surface area contributed by atoms with Crippen molar-refractivity contribution in [3.63, 3.8) is 0 Å². The average molecular weight is 297 g/mol. The van der Waals surface area contributed by atoms with Gasteiger partial charge >= 0.3 is 0 Å². The molecule has 22 heavy (non-hydrogen) atoms. The van der Waals surface area contributed by atoms with Gasteiger partial charge in [0.15, 0.2) is 0 Å². The Morgan fingerprint density at radius 2 is 1.73 bits per heavy atom. The summed E-state index contributed by atoms with van der Waals surface area (Å²) in [5.41, 5.74) is 5.46. The van der Waals surface area contributed by atoms with E-state index in [0.717, 1.165) is 5.56 Å². The van der Waals surface area contributed by atoms with Crippen LogP contribution in [0.5, 0.6) is 5.75 Å². The summed E-state index contributed by atoms with van der Waals surface area (Å²) < 4.78 is 5.16. The van der Waals surface area contributed by atoms with E-state index >= 15 is 0 Å². The van der Waals surface area contributed by atoms with Gasteiger partial charge in [-0.05, 0) is 68.1 Å². The van der Waals surface area contributed by atoms with Crippen LogP contribution < -0.4 is 10.1 Å². The Morgan fingerprint density at radius 3 is 2.41 bits per heavy atom. The monoisotopic (exact) mass is 297 g/mol. The van der Waals surface area contributed by atoms with Gasteiger partial charge in [0.05, 0.1) is 13.2 Å². The number of carbonyl (C=O) groups is 1. The van der Waals surface area contributed by atoms with E-state index in [1.165, 1.54) is 16.7 Å². The van der Waals surface area contributed by atoms with Crippen molar-refractivity contribution in [3.8, 4) is 5.75 Å². The number of aryl methyl sites for hydroxylation is 3. The lowest BCUT2D eigenvalue weighted by Crippen LogP contribution is -2.27. The highest BCUT2D eigenvalue weighted by atomic mass is 16.5. The lowest BCUT2D eigenvalue weighted by molar-refractivity contribution is 0.0939. The summed E-state index contributed by atoms with van der Waals surface area (Å²) >= 11 is 0. The predicted molar refractivity (Wildman–Crippen MR) is 89.5 cm³/mol. The fourth-order valence-corrected chi connectivity index (χ4v) is 2.57. The molecule has 0 heterocycles. The van der Waals surface area contributed by atoms with Crippen molar-refractivity contribution in [2.75, 3.05) is 7.11 Å². The Hall–Kier alpha value is -2.29. The molecule has 1 unspecified atom stereocenters. The molecule has 1 atom stereocenters. The van der Waals surface area contributed by atoms with Gasteiger partial charge in [0.25, 0.3) is 5.91 Å². The maximum absolute atomic E-state index is 12.4. The van der Waals surface area contributed by atoms with E-state index in [1.807, 2.05) is 19.1 Å². The van der Waals surface area contributed by atoms with Crippen LogP contribution in [0.15, 0.2) is 36.4 Å². The summed E-state index contributed by atoms with van der Waals surface area (Å²) in [5, 5.41) is 3.06. The quantitative estimate of drug-likeness (QED) is 0.922. The predicted octanol–water partition coefficient (Wildman–Crippen LogP) is 4.11. The van der Waals surface area contributed by atoms with Gasteiger partial charge in [0.1, 0.15) is 5.75 Å². The molecule has 0 aliphatic heterocycles. The van der Waals surface area contributed by atoms with Crippen LogP contribution in [0.3, 0.4) is 0 Å². The fourth-order valence-electron chi connectivity index (χ4n) is 2.57. The van der Waals surface area contributed by atoms with Crippen LogP contribution in [0, 0.1) is 20.8 Å². The van der Waals surface area contributed by atoms with Crippen molar-refractivity contribution < 1.29 is 9.53 Å². The van der Waals surface area contributed by atoms with Gasteiger partial charge < -0.3 is 10.1 Å². The van der Waals surface area contributed by atoms with Gasteiger partial charge in [0.2, 0.25) is 0 Å². The second kappa shape index (κ2) is 6.65. The third kappa shape index (κ3) is 3.48. The molecule has 1 amide bonds. The van der Waals surface area contributed by atoms with Gasteiger partial charge in [-0.3, -0.25) is 4.79 Å². The van der Waals surface area contributed by atoms with Crippen molar-refractivity contribution in [1.82, 2.24) is 5.32 Å². The smallest absolute Gasteiger partial charge is 0.251 e. The van der Waals surface area contributed by atoms with Gasteiger partial charge in [-0.1, -0.05) is 18.2 Å². The number of rotatable bonds is 4. The molecule has 0 saturated heterocycles. The molecule has 0 radical (unpaired) electrons. The van der Waals surface area contributed by atoms with Crippen LogP contribution in [0.25, 0.3) is 0 Å². The topological polar surface area (TPSA) is 38.3 Å². The van der Waals surface area contributed by atoms with Crippen LogP contribution in [0.2, 0.25) is 0 Å². The first-order chi connectivity index (χ1) is 10.4. The van der Waals surface area contributed by atoms with Crippen LogP contribution in [0.1, 0.15) is 45.6 Å². The standard InChI is InChI=1S/C19H23NO2/c1-12-9-14(3)18(10-13(12)2)15(4)20-19(21)16-7-6-8-17(11-16)22-5/h6-11,15H,1-5H3,(H,20,21). The Kier molecular flexibility index (Phi) is 4.86. The van der Waals surface area contributed by atoms with E-state index in [2.05, 4.69) is 38.2 Å². The molecule has 2 aromatic carbocycles. The number of nitrogens with one attached hydrogen (secondary N) is 1. The van der Waals surface area contributed by atoms with Crippen LogP contribution >= 0.6 is 0 Å². The maximum Gasteiger partial charge on any atom is 0.251 e. The summed E-state index contributed by atoms with van der Waals surface area (Å²) in [4.78, 5) is 12.4. The molecule has 0 aliphatic rings. The molecule has 0 aromatic heterocycles. The molecular formula is C19H23NO2. The van der Waals surface area contributed by atoms with E-state index in [-0.39, 0.29) is 11.9 Å². The van der Waals surface area contributed by atoms with Crippen molar-refractivity contribution in [2.45, 2.75) is 33.7 Å². The number of hydrogen-bond acceptors (Lipinski definition) is 2. The minimum atomic E-state index is -0.0935. The van der Waals surface area contributed by atoms with Gasteiger partial charge in [-0.2, -0.15) is 0 Å². The van der Waals surface area contributed by atoms with Crippen molar-refractivity contribution in [2.24, 2.45) is 0 Å². The van der Waals surface area contributed by atoms with Crippen molar-refractivity contribution >= 4 is 5.91 Å². The zero-order valence-electron chi connectivity index (χ0n) is 13.9. The van der Waals surface area contributed by atoms with Gasteiger partial charge in [0, 0.05) is 5.56 Å². The normalized spacial score (nSPS) is 11.9. The molecule has 3 heteroatoms. The minimum Gasteiger partial charge on any atom is -0.497 e. The van der Waals surface area contributed by atoms with Crippen LogP contribution in [0.4, 0.5) is 0 Å². The summed E-state index contributed by atoms with van der Waals surface area (Å²) in [5.74, 6) is 0.590. The number of amides is 1. The third-order valence-corrected chi connectivity index (χ3v) is 4.03. The summed E-state index contributed by atoms with van der Waals surface area (Å²) in [7, 11) is 1.60. The van der Waals surface area contributed by atoms with Gasteiger partial charge in [-0.15, -0.1) is 0 Å². The number of benzene rings is 2. The number of methoxy groups -OCH3 is 1. The molecule has 0 saturated carbocycles. The zero-order valence-corrected chi connectivity index (χ0v) is 13.9. The van der Waals surface area contributed by atoms with Crippen molar-refractivity contribution in [3.05, 3.63) is 64.2 Å². The second-order valence-corrected chi connectivity index (χ2v) is 5.72. The molecule has 0 spiro atoms. The van der Waals surface area contributed by atoms with Crippen LogP contribution in [-0.2, 0) is 0 Å². The summed E-state index contributed by atoms with van der Waals surface area (Å²) in [6.07, 6.45) is 0. The Morgan fingerprint density at radius 1 is 1.05 bits per heavy atom. The largest absolute Gasteiger partial charge is 0.497 e. The molecule has 0 fully saturated rings. The van der Waals surface area contributed by atoms with E-state index < -0.39 is 0 Å². The zero-order chi connectivity index (χ0) is 16.3. The first-order valence-corrected chi connectivity index (χ1v) is 7.45. The first-order valence-electron chi connectivity index (χ1n) is 7.45. The highest BCUT2D eigenvalue weighted by Gasteiger charge is 2.14. The third-order valence-electron chi connectivity index (χ3n) is 4.03. The molecule has 0 aliphatic carbocycles. The molecular weight excluding hydrogens is 274 g/mol. The van der Waals surface area contributed by atoms with Crippen LogP contribution in [-0.4, -0.2) is 13.0 Å². The number of carbonyl (C=O) groups excluding carboxylic acids is 1. The molecule has 0 bridgehead atoms. The molecule has 116 valence electrons. The number of hydrogen-bond donors (Lipinski definition) is 1. The highest BCUT2D eigenvalue weighted by molar-refractivity contribution is 5.94. The number of ether oxygens (including phenoxy) is 1. The Labute approximate surface area is 132 Å². The van der Waals surface area contributed by atoms with E-state index in [4.69, 9.17) is 4.74 Å². The molecule has 1 N–H and O–H groups in total. The fraction of sp³-hybridized carbons (Fsp3) is 0.316. The van der Waals surface area contributed by atoms with E-state index in [0.29, 0.717) is 11.3 Å². The summed E-state index contributed by atoms with van der Waals surface area (Å²) in [6, 6.07) is 11.5. The maximum atomic E-state index is 12.4. The van der Waals surface area contributed by atoms with Crippen molar-refractivity contribution in [1.29, 1.82) is 0 Å². The average Bonchev–Trinajstić information content (AvgIpc) is 2.50. The lowest BCUT2D eigenvalue weighted by atomic mass is 9.96. The minimum absolute atomic E-state index is 0.0435. The van der Waals surface area contributed by atoms with E-state index in [9.17, 15) is 4.79 Å². The lowest BCUT2D eigenvalue weighted by Gasteiger charge is -2.18. The molecule has 3 nitrogen and oxygen atoms in total. The Bertz CT molecular complexity index is 692. The first kappa shape index (κ1) is 16.1. The molecule has 2 aromatic rings. The SMILES string of the molecule is COc1cccc(C(=O)NC(C)c2cc(C)c(C)cc2C)c1. The molecule has 2 rings (SSSR count). The Balaban J connectivity index is 2.19. The highest BCUT2D eigenvalue weighted by Crippen LogP contribution is 2.22. The second-order valence-electron chi connectivity index (χ2n) is 5.72. The van der Waals surface area contributed by atoms with E-state index in [1.54, 1.807) is 19.2 Å². The summed E-state index contributed by atoms with van der Waals surface area (Å²) in [6.45, 7) is 8.28.